The second kappa shape index (κ2) is 14.1. The first-order valence-corrected chi connectivity index (χ1v) is 12.8. The fourth-order valence-electron chi connectivity index (χ4n) is 4.29. The van der Waals surface area contributed by atoms with Gasteiger partial charge < -0.3 is 28.4 Å². The second-order valence-electron chi connectivity index (χ2n) is 9.32. The summed E-state index contributed by atoms with van der Waals surface area (Å²) >= 11 is 0. The average Bonchev–Trinajstić information content (AvgIpc) is 3.06. The van der Waals surface area contributed by atoms with Crippen LogP contribution in [0, 0.1) is 0 Å². The Balaban J connectivity index is 2.30. The van der Waals surface area contributed by atoms with Gasteiger partial charge in [0.1, 0.15) is 36.6 Å². The van der Waals surface area contributed by atoms with Gasteiger partial charge in [0.15, 0.2) is 5.79 Å². The lowest BCUT2D eigenvalue weighted by Crippen LogP contribution is -2.65. The molecule has 0 unspecified atom stereocenters. The summed E-state index contributed by atoms with van der Waals surface area (Å²) in [6.07, 6.45) is 7.03. The van der Waals surface area contributed by atoms with E-state index in [1.165, 1.54) is 0 Å². The molecule has 0 N–H and O–H groups in total. The number of fused-ring (bicyclic) bond motifs is 1. The standard InChI is InChI=1S/C25H48O6/c1-7-11-15-26-19-20(27-16-12-8-2)22(29-18-14-10-4)24-23(30-25(5,6)31-24)21(19)28-17-13-9-3/h19-24H,7-18H2,1-6H3/t19-,20-,21+,22+,23-,24+/m1/s1. The Morgan fingerprint density at radius 3 is 1.10 bits per heavy atom. The van der Waals surface area contributed by atoms with Crippen LogP contribution >= 0.6 is 0 Å². The molecule has 6 atom stereocenters. The van der Waals surface area contributed by atoms with Crippen molar-refractivity contribution in [2.24, 2.45) is 0 Å². The minimum atomic E-state index is -0.680. The first kappa shape index (κ1) is 27.0. The van der Waals surface area contributed by atoms with Crippen molar-refractivity contribution in [1.29, 1.82) is 0 Å². The van der Waals surface area contributed by atoms with Gasteiger partial charge >= 0.3 is 0 Å². The number of rotatable bonds is 16. The molecule has 6 nitrogen and oxygen atoms in total. The van der Waals surface area contributed by atoms with Crippen molar-refractivity contribution in [2.45, 2.75) is 135 Å². The van der Waals surface area contributed by atoms with Crippen molar-refractivity contribution >= 4 is 0 Å². The molecule has 0 amide bonds. The summed E-state index contributed by atoms with van der Waals surface area (Å²) in [5.41, 5.74) is 0. The second-order valence-corrected chi connectivity index (χ2v) is 9.32. The molecule has 1 aliphatic heterocycles. The molecule has 0 bridgehead atoms. The molecule has 2 aliphatic rings. The van der Waals surface area contributed by atoms with Gasteiger partial charge in [-0.25, -0.2) is 0 Å². The van der Waals surface area contributed by atoms with Crippen LogP contribution in [-0.2, 0) is 28.4 Å². The third-order valence-electron chi connectivity index (χ3n) is 6.02. The lowest BCUT2D eigenvalue weighted by molar-refractivity contribution is -0.244. The van der Waals surface area contributed by atoms with Crippen molar-refractivity contribution in [1.82, 2.24) is 0 Å². The van der Waals surface area contributed by atoms with Gasteiger partial charge in [0.05, 0.1) is 0 Å². The lowest BCUT2D eigenvalue weighted by atomic mass is 9.84. The molecule has 31 heavy (non-hydrogen) atoms. The highest BCUT2D eigenvalue weighted by Crippen LogP contribution is 2.42. The number of hydrogen-bond acceptors (Lipinski definition) is 6. The molecule has 2 fully saturated rings. The molecular formula is C25H48O6. The van der Waals surface area contributed by atoms with Crippen LogP contribution in [0.4, 0.5) is 0 Å². The molecule has 1 saturated heterocycles. The van der Waals surface area contributed by atoms with E-state index in [9.17, 15) is 0 Å². The summed E-state index contributed by atoms with van der Waals surface area (Å²) in [4.78, 5) is 0. The van der Waals surface area contributed by atoms with E-state index in [-0.39, 0.29) is 36.6 Å². The molecule has 2 rings (SSSR count). The zero-order valence-electron chi connectivity index (χ0n) is 20.9. The number of ether oxygens (including phenoxy) is 6. The first-order valence-electron chi connectivity index (χ1n) is 12.8. The lowest BCUT2D eigenvalue weighted by Gasteiger charge is -2.46. The Bertz CT molecular complexity index is 431. The third kappa shape index (κ3) is 7.94. The third-order valence-corrected chi connectivity index (χ3v) is 6.02. The quantitative estimate of drug-likeness (QED) is 0.303. The summed E-state index contributed by atoms with van der Waals surface area (Å²) < 4.78 is 38.5. The average molecular weight is 445 g/mol. The van der Waals surface area contributed by atoms with E-state index in [0.29, 0.717) is 26.4 Å². The van der Waals surface area contributed by atoms with Crippen molar-refractivity contribution in [3.05, 3.63) is 0 Å². The zero-order valence-corrected chi connectivity index (χ0v) is 20.9. The van der Waals surface area contributed by atoms with Gasteiger partial charge in [0.25, 0.3) is 0 Å². The summed E-state index contributed by atoms with van der Waals surface area (Å²) in [5.74, 6) is -0.680. The van der Waals surface area contributed by atoms with Crippen molar-refractivity contribution < 1.29 is 28.4 Å². The fourth-order valence-corrected chi connectivity index (χ4v) is 4.29. The van der Waals surface area contributed by atoms with Gasteiger partial charge in [-0.3, -0.25) is 0 Å². The highest BCUT2D eigenvalue weighted by molar-refractivity contribution is 5.06. The number of unbranched alkanes of at least 4 members (excludes halogenated alkanes) is 4. The van der Waals surface area contributed by atoms with Gasteiger partial charge in [-0.15, -0.1) is 0 Å². The number of hydrogen-bond donors (Lipinski definition) is 0. The Labute approximate surface area is 190 Å². The van der Waals surface area contributed by atoms with Gasteiger partial charge in [0.2, 0.25) is 0 Å². The first-order chi connectivity index (χ1) is 15.0. The zero-order chi connectivity index (χ0) is 22.7. The predicted octanol–water partition coefficient (Wildman–Crippen LogP) is 5.26. The van der Waals surface area contributed by atoms with Gasteiger partial charge in [-0.1, -0.05) is 53.4 Å². The van der Waals surface area contributed by atoms with Crippen LogP contribution in [0.1, 0.15) is 92.9 Å². The Kier molecular flexibility index (Phi) is 12.3. The smallest absolute Gasteiger partial charge is 0.164 e. The van der Waals surface area contributed by atoms with Gasteiger partial charge in [0, 0.05) is 26.4 Å². The maximum absolute atomic E-state index is 6.46. The van der Waals surface area contributed by atoms with Crippen LogP contribution in [0.5, 0.6) is 0 Å². The fraction of sp³-hybridized carbons (Fsp3) is 1.00. The molecule has 184 valence electrons. The molecular weight excluding hydrogens is 396 g/mol. The van der Waals surface area contributed by atoms with Crippen LogP contribution in [0.2, 0.25) is 0 Å². The van der Waals surface area contributed by atoms with Crippen molar-refractivity contribution in [3.63, 3.8) is 0 Å². The maximum Gasteiger partial charge on any atom is 0.164 e. The van der Waals surface area contributed by atoms with E-state index in [1.807, 2.05) is 13.8 Å². The minimum Gasteiger partial charge on any atom is -0.373 e. The van der Waals surface area contributed by atoms with Crippen molar-refractivity contribution in [3.8, 4) is 0 Å². The van der Waals surface area contributed by atoms with E-state index in [1.54, 1.807) is 0 Å². The maximum atomic E-state index is 6.46. The molecule has 0 spiro atoms. The summed E-state index contributed by atoms with van der Waals surface area (Å²) in [7, 11) is 0. The SMILES string of the molecule is CCCCO[C@@H]1[C@@H](OCCCC)[C@H](OCCCC)[C@@H]2OC(C)(C)O[C@@H]2[C@H]1OCCCC. The topological polar surface area (TPSA) is 55.4 Å². The highest BCUT2D eigenvalue weighted by atomic mass is 16.8. The highest BCUT2D eigenvalue weighted by Gasteiger charge is 2.60. The van der Waals surface area contributed by atoms with E-state index >= 15 is 0 Å². The van der Waals surface area contributed by atoms with E-state index in [2.05, 4.69) is 27.7 Å². The summed E-state index contributed by atoms with van der Waals surface area (Å²) in [5, 5.41) is 0. The molecule has 6 heteroatoms. The Hall–Kier alpha value is -0.240. The Morgan fingerprint density at radius 2 is 0.806 bits per heavy atom. The molecule has 1 saturated carbocycles. The van der Waals surface area contributed by atoms with E-state index < -0.39 is 5.79 Å². The molecule has 0 aromatic rings. The summed E-state index contributed by atoms with van der Waals surface area (Å²) in [6.45, 7) is 15.4. The van der Waals surface area contributed by atoms with Gasteiger partial charge in [-0.05, 0) is 39.5 Å². The van der Waals surface area contributed by atoms with E-state index in [4.69, 9.17) is 28.4 Å². The van der Waals surface area contributed by atoms with Crippen LogP contribution in [0.15, 0.2) is 0 Å². The summed E-state index contributed by atoms with van der Waals surface area (Å²) in [6, 6.07) is 0. The molecule has 1 aliphatic carbocycles. The predicted molar refractivity (Wildman–Crippen MR) is 122 cm³/mol. The minimum absolute atomic E-state index is 0.226. The molecule has 0 radical (unpaired) electrons. The monoisotopic (exact) mass is 444 g/mol. The Morgan fingerprint density at radius 1 is 0.516 bits per heavy atom. The van der Waals surface area contributed by atoms with Crippen LogP contribution in [0.25, 0.3) is 0 Å². The molecule has 0 aromatic heterocycles. The van der Waals surface area contributed by atoms with Crippen LogP contribution in [-0.4, -0.2) is 68.8 Å². The van der Waals surface area contributed by atoms with Crippen LogP contribution in [0.3, 0.4) is 0 Å². The normalized spacial score (nSPS) is 32.3. The van der Waals surface area contributed by atoms with Gasteiger partial charge in [-0.2, -0.15) is 0 Å². The largest absolute Gasteiger partial charge is 0.373 e. The van der Waals surface area contributed by atoms with E-state index in [0.717, 1.165) is 51.4 Å². The van der Waals surface area contributed by atoms with Crippen LogP contribution < -0.4 is 0 Å². The molecule has 1 heterocycles. The molecule has 0 aromatic carbocycles. The van der Waals surface area contributed by atoms with Crippen molar-refractivity contribution in [2.75, 3.05) is 26.4 Å².